The molecule has 174 valence electrons. The maximum absolute atomic E-state index is 12.7. The van der Waals surface area contributed by atoms with E-state index in [1.54, 1.807) is 24.3 Å². The van der Waals surface area contributed by atoms with Crippen molar-refractivity contribution in [2.24, 2.45) is 5.41 Å². The van der Waals surface area contributed by atoms with Crippen molar-refractivity contribution in [3.05, 3.63) is 101 Å². The van der Waals surface area contributed by atoms with Gasteiger partial charge >= 0.3 is 5.97 Å². The summed E-state index contributed by atoms with van der Waals surface area (Å²) < 4.78 is 23.8. The highest BCUT2D eigenvalue weighted by atomic mass is 32.1. The summed E-state index contributed by atoms with van der Waals surface area (Å²) in [4.78, 5) is 12.7. The molecule has 1 aromatic heterocycles. The Morgan fingerprint density at radius 2 is 1.35 bits per heavy atom. The largest absolute Gasteiger partial charge is 0.493 e. The number of esters is 1. The summed E-state index contributed by atoms with van der Waals surface area (Å²) in [5, 5.41) is 3.78. The van der Waals surface area contributed by atoms with E-state index >= 15 is 0 Å². The third kappa shape index (κ3) is 5.41. The second-order valence-corrected chi connectivity index (χ2v) is 8.86. The molecule has 0 saturated carbocycles. The van der Waals surface area contributed by atoms with Gasteiger partial charge in [-0.1, -0.05) is 68.3 Å². The van der Waals surface area contributed by atoms with Crippen LogP contribution >= 0.6 is 11.3 Å². The van der Waals surface area contributed by atoms with Crippen molar-refractivity contribution >= 4 is 35.2 Å². The fourth-order valence-electron chi connectivity index (χ4n) is 3.38. The van der Waals surface area contributed by atoms with Crippen LogP contribution in [-0.2, 0) is 9.47 Å². The van der Waals surface area contributed by atoms with Crippen LogP contribution in [0.15, 0.2) is 79.0 Å². The Morgan fingerprint density at radius 1 is 0.853 bits per heavy atom. The molecule has 1 aliphatic heterocycles. The number of hydrogen-bond acceptors (Lipinski definition) is 6. The van der Waals surface area contributed by atoms with Gasteiger partial charge in [-0.25, -0.2) is 4.79 Å². The summed E-state index contributed by atoms with van der Waals surface area (Å²) in [6.07, 6.45) is 3.50. The minimum absolute atomic E-state index is 0.0609. The molecule has 0 amide bonds. The second-order valence-electron chi connectivity index (χ2n) is 8.12. The molecular formula is C28H26O5S. The van der Waals surface area contributed by atoms with Crippen LogP contribution in [0.3, 0.4) is 0 Å². The van der Waals surface area contributed by atoms with Crippen LogP contribution in [-0.4, -0.2) is 32.4 Å². The standard InChI is InChI=1S/C28H26O5S/c1-4-21-6-10-23(11-7-21)20(3)30-16-28(17-31-25-14-34-15-26(25)32-18-28)19-33-27(29)24-12-8-22(5-2)9-13-24/h4-15H,1-3,16-19H2. The Hall–Kier alpha value is -3.77. The van der Waals surface area contributed by atoms with Crippen molar-refractivity contribution in [2.75, 3.05) is 26.4 Å². The molecule has 0 spiro atoms. The average Bonchev–Trinajstić information content (AvgIpc) is 3.28. The van der Waals surface area contributed by atoms with Gasteiger partial charge in [0, 0.05) is 16.3 Å². The van der Waals surface area contributed by atoms with Gasteiger partial charge in [-0.3, -0.25) is 0 Å². The van der Waals surface area contributed by atoms with Crippen molar-refractivity contribution in [3.8, 4) is 11.5 Å². The summed E-state index contributed by atoms with van der Waals surface area (Å²) in [6.45, 7) is 12.4. The number of benzene rings is 2. The molecule has 6 heteroatoms. The molecule has 5 nitrogen and oxygen atoms in total. The maximum Gasteiger partial charge on any atom is 0.338 e. The van der Waals surface area contributed by atoms with Crippen LogP contribution in [0.1, 0.15) is 27.0 Å². The highest BCUT2D eigenvalue weighted by Crippen LogP contribution is 2.37. The zero-order valence-corrected chi connectivity index (χ0v) is 19.6. The van der Waals surface area contributed by atoms with Crippen molar-refractivity contribution < 1.29 is 23.7 Å². The van der Waals surface area contributed by atoms with E-state index in [2.05, 4.69) is 19.7 Å². The molecule has 3 aromatic rings. The van der Waals surface area contributed by atoms with Crippen LogP contribution < -0.4 is 9.47 Å². The first-order valence-electron chi connectivity index (χ1n) is 10.8. The minimum atomic E-state index is -0.725. The van der Waals surface area contributed by atoms with E-state index in [9.17, 15) is 4.79 Å². The molecule has 1 aliphatic rings. The summed E-state index contributed by atoms with van der Waals surface area (Å²) >= 11 is 1.51. The number of carbonyl (C=O) groups excluding carboxylic acids is 1. The second kappa shape index (κ2) is 10.4. The summed E-state index contributed by atoms with van der Waals surface area (Å²) in [5.74, 6) is 1.45. The summed E-state index contributed by atoms with van der Waals surface area (Å²) in [5.41, 5.74) is 2.53. The van der Waals surface area contributed by atoms with Crippen molar-refractivity contribution in [3.63, 3.8) is 0 Å². The highest BCUT2D eigenvalue weighted by molar-refractivity contribution is 7.08. The number of hydrogen-bond donors (Lipinski definition) is 0. The van der Waals surface area contributed by atoms with E-state index in [4.69, 9.17) is 18.9 Å². The molecule has 0 aliphatic carbocycles. The molecule has 0 unspecified atom stereocenters. The molecule has 34 heavy (non-hydrogen) atoms. The van der Waals surface area contributed by atoms with Gasteiger partial charge in [0.1, 0.15) is 37.6 Å². The van der Waals surface area contributed by atoms with Gasteiger partial charge in [0.2, 0.25) is 0 Å². The van der Waals surface area contributed by atoms with Crippen molar-refractivity contribution in [2.45, 2.75) is 0 Å². The van der Waals surface area contributed by atoms with E-state index in [0.717, 1.165) is 16.7 Å². The molecule has 0 fully saturated rings. The lowest BCUT2D eigenvalue weighted by Gasteiger charge is -2.30. The topological polar surface area (TPSA) is 54.0 Å². The van der Waals surface area contributed by atoms with Crippen molar-refractivity contribution in [1.29, 1.82) is 0 Å². The number of thiophene rings is 1. The lowest BCUT2D eigenvalue weighted by atomic mass is 9.92. The molecular weight excluding hydrogens is 448 g/mol. The van der Waals surface area contributed by atoms with Gasteiger partial charge in [-0.2, -0.15) is 0 Å². The van der Waals surface area contributed by atoms with E-state index in [1.165, 1.54) is 11.3 Å². The molecule has 2 aromatic carbocycles. The van der Waals surface area contributed by atoms with Gasteiger partial charge in [-0.15, -0.1) is 11.3 Å². The molecule has 2 heterocycles. The lowest BCUT2D eigenvalue weighted by molar-refractivity contribution is -0.0244. The Labute approximate surface area is 203 Å². The fraction of sp³-hybridized carbons (Fsp3) is 0.179. The first-order valence-corrected chi connectivity index (χ1v) is 11.7. The normalized spacial score (nSPS) is 13.9. The quantitative estimate of drug-likeness (QED) is 0.268. The first kappa shape index (κ1) is 23.4. The van der Waals surface area contributed by atoms with E-state index in [-0.39, 0.29) is 26.4 Å². The Morgan fingerprint density at radius 3 is 1.88 bits per heavy atom. The zero-order valence-electron chi connectivity index (χ0n) is 18.8. The SMILES string of the molecule is C=Cc1ccc(C(=C)OCC2(COC(=O)c3ccc(C=C)cc3)COc3cscc3OC2)cc1. The molecule has 0 bridgehead atoms. The molecule has 0 radical (unpaired) electrons. The number of ether oxygens (including phenoxy) is 4. The third-order valence-electron chi connectivity index (χ3n) is 5.57. The van der Waals surface area contributed by atoms with Crippen LogP contribution in [0, 0.1) is 5.41 Å². The van der Waals surface area contributed by atoms with E-state index < -0.39 is 11.4 Å². The fourth-order valence-corrected chi connectivity index (χ4v) is 4.07. The van der Waals surface area contributed by atoms with Crippen LogP contribution in [0.2, 0.25) is 0 Å². The Bertz CT molecular complexity index is 1080. The van der Waals surface area contributed by atoms with Crippen LogP contribution in [0.25, 0.3) is 17.9 Å². The summed E-state index contributed by atoms with van der Waals surface area (Å²) in [7, 11) is 0. The number of fused-ring (bicyclic) bond motifs is 1. The smallest absolute Gasteiger partial charge is 0.338 e. The van der Waals surface area contributed by atoms with Crippen LogP contribution in [0.4, 0.5) is 0 Å². The minimum Gasteiger partial charge on any atom is -0.493 e. The van der Waals surface area contributed by atoms with E-state index in [1.807, 2.05) is 47.2 Å². The van der Waals surface area contributed by atoms with Gasteiger partial charge in [-0.05, 0) is 23.3 Å². The predicted molar refractivity (Wildman–Crippen MR) is 136 cm³/mol. The molecule has 0 atom stereocenters. The predicted octanol–water partition coefficient (Wildman–Crippen LogP) is 6.34. The Balaban J connectivity index is 1.46. The van der Waals surface area contributed by atoms with Gasteiger partial charge < -0.3 is 18.9 Å². The zero-order chi connectivity index (χ0) is 24.0. The van der Waals surface area contributed by atoms with Gasteiger partial charge in [0.05, 0.1) is 5.56 Å². The number of carbonyl (C=O) groups is 1. The highest BCUT2D eigenvalue weighted by Gasteiger charge is 2.38. The van der Waals surface area contributed by atoms with Crippen molar-refractivity contribution in [1.82, 2.24) is 0 Å². The average molecular weight is 475 g/mol. The third-order valence-corrected chi connectivity index (χ3v) is 6.27. The lowest BCUT2D eigenvalue weighted by Crippen LogP contribution is -2.43. The maximum atomic E-state index is 12.7. The monoisotopic (exact) mass is 474 g/mol. The molecule has 0 N–H and O–H groups in total. The van der Waals surface area contributed by atoms with Gasteiger partial charge in [0.25, 0.3) is 0 Å². The summed E-state index contributed by atoms with van der Waals surface area (Å²) in [6, 6.07) is 14.8. The first-order chi connectivity index (χ1) is 16.5. The number of rotatable bonds is 9. The molecule has 4 rings (SSSR count). The molecule has 0 saturated heterocycles. The van der Waals surface area contributed by atoms with Gasteiger partial charge in [0.15, 0.2) is 11.5 Å². The van der Waals surface area contributed by atoms with Crippen LogP contribution in [0.5, 0.6) is 11.5 Å². The Kier molecular flexibility index (Phi) is 7.18. The van der Waals surface area contributed by atoms with E-state index in [0.29, 0.717) is 22.8 Å².